The zero-order valence-electron chi connectivity index (χ0n) is 10.3. The molecule has 0 aliphatic carbocycles. The van der Waals surface area contributed by atoms with Gasteiger partial charge in [0.15, 0.2) is 5.75 Å². The first-order chi connectivity index (χ1) is 8.45. The molecule has 1 rings (SSSR count). The molecule has 0 N–H and O–H groups in total. The Balaban J connectivity index is 2.81. The molecule has 0 heterocycles. The molecular formula is C12H16BrNO3S. The molecule has 1 aromatic carbocycles. The van der Waals surface area contributed by atoms with Crippen LogP contribution >= 0.6 is 28.6 Å². The predicted octanol–water partition coefficient (Wildman–Crippen LogP) is 3.94. The Labute approximate surface area is 120 Å². The Morgan fingerprint density at radius 2 is 2.17 bits per heavy atom. The van der Waals surface area contributed by atoms with Gasteiger partial charge in [0.2, 0.25) is 0 Å². The summed E-state index contributed by atoms with van der Waals surface area (Å²) in [5, 5.41) is 10.9. The van der Waals surface area contributed by atoms with Crippen molar-refractivity contribution in [1.82, 2.24) is 0 Å². The summed E-state index contributed by atoms with van der Waals surface area (Å²) in [5.41, 5.74) is -0.0222. The first kappa shape index (κ1) is 15.3. The van der Waals surface area contributed by atoms with Crippen molar-refractivity contribution in [2.75, 3.05) is 12.4 Å². The van der Waals surface area contributed by atoms with E-state index in [1.54, 1.807) is 12.1 Å². The number of thiol groups is 1. The lowest BCUT2D eigenvalue weighted by molar-refractivity contribution is -0.386. The van der Waals surface area contributed by atoms with Crippen molar-refractivity contribution in [2.45, 2.75) is 13.8 Å². The summed E-state index contributed by atoms with van der Waals surface area (Å²) in [4.78, 5) is 10.5. The summed E-state index contributed by atoms with van der Waals surface area (Å²) in [5.74, 6) is 1.70. The molecule has 0 aliphatic rings. The second-order valence-corrected chi connectivity index (χ2v) is 5.65. The van der Waals surface area contributed by atoms with E-state index < -0.39 is 4.92 Å². The maximum absolute atomic E-state index is 10.9. The van der Waals surface area contributed by atoms with Crippen LogP contribution in [0.1, 0.15) is 13.8 Å². The van der Waals surface area contributed by atoms with Crippen LogP contribution in [0.4, 0.5) is 5.69 Å². The highest BCUT2D eigenvalue weighted by Crippen LogP contribution is 2.30. The summed E-state index contributed by atoms with van der Waals surface area (Å²) < 4.78 is 6.22. The van der Waals surface area contributed by atoms with E-state index in [1.807, 2.05) is 0 Å². The minimum atomic E-state index is -0.439. The lowest BCUT2D eigenvalue weighted by Gasteiger charge is -2.18. The van der Waals surface area contributed by atoms with E-state index in [-0.39, 0.29) is 11.6 Å². The molecule has 0 spiro atoms. The van der Waals surface area contributed by atoms with Gasteiger partial charge in [0.25, 0.3) is 0 Å². The van der Waals surface area contributed by atoms with E-state index in [2.05, 4.69) is 42.4 Å². The Morgan fingerprint density at radius 3 is 2.67 bits per heavy atom. The summed E-state index contributed by atoms with van der Waals surface area (Å²) >= 11 is 7.47. The zero-order valence-corrected chi connectivity index (χ0v) is 12.8. The average molecular weight is 334 g/mol. The first-order valence-electron chi connectivity index (χ1n) is 5.63. The highest BCUT2D eigenvalue weighted by Gasteiger charge is 2.18. The number of ether oxygens (including phenoxy) is 1. The number of hydrogen-bond donors (Lipinski definition) is 1. The fourth-order valence-corrected chi connectivity index (χ4v) is 2.28. The number of nitro groups is 1. The Hall–Kier alpha value is -0.750. The molecule has 4 nitrogen and oxygen atoms in total. The fraction of sp³-hybridized carbons (Fsp3) is 0.500. The number of nitrogens with zero attached hydrogens (tertiary/aromatic N) is 1. The van der Waals surface area contributed by atoms with Gasteiger partial charge in [0.1, 0.15) is 0 Å². The third-order valence-corrected chi connectivity index (χ3v) is 3.71. The summed E-state index contributed by atoms with van der Waals surface area (Å²) in [6, 6.07) is 4.78. The minimum absolute atomic E-state index is 0.0222. The van der Waals surface area contributed by atoms with Crippen LogP contribution in [0.25, 0.3) is 0 Å². The van der Waals surface area contributed by atoms with Gasteiger partial charge in [-0.25, -0.2) is 0 Å². The van der Waals surface area contributed by atoms with Gasteiger partial charge in [0, 0.05) is 16.5 Å². The van der Waals surface area contributed by atoms with E-state index >= 15 is 0 Å². The van der Waals surface area contributed by atoms with E-state index in [0.717, 1.165) is 0 Å². The van der Waals surface area contributed by atoms with Crippen molar-refractivity contribution in [1.29, 1.82) is 0 Å². The van der Waals surface area contributed by atoms with Gasteiger partial charge >= 0.3 is 5.69 Å². The molecule has 1 atom stereocenters. The summed E-state index contributed by atoms with van der Waals surface area (Å²) in [7, 11) is 0. The Morgan fingerprint density at radius 1 is 1.50 bits per heavy atom. The van der Waals surface area contributed by atoms with E-state index in [4.69, 9.17) is 4.74 Å². The van der Waals surface area contributed by atoms with Crippen LogP contribution in [-0.2, 0) is 0 Å². The van der Waals surface area contributed by atoms with Crippen molar-refractivity contribution in [3.8, 4) is 5.75 Å². The molecular weight excluding hydrogens is 318 g/mol. The lowest BCUT2D eigenvalue weighted by Crippen LogP contribution is -2.19. The second-order valence-electron chi connectivity index (χ2n) is 4.37. The molecule has 0 radical (unpaired) electrons. The molecule has 1 aromatic rings. The van der Waals surface area contributed by atoms with Gasteiger partial charge in [0.05, 0.1) is 11.5 Å². The van der Waals surface area contributed by atoms with Crippen LogP contribution < -0.4 is 4.74 Å². The largest absolute Gasteiger partial charge is 0.486 e. The number of nitro benzene ring substituents is 1. The topological polar surface area (TPSA) is 52.4 Å². The van der Waals surface area contributed by atoms with Crippen LogP contribution in [0.3, 0.4) is 0 Å². The normalized spacial score (nSPS) is 12.5. The van der Waals surface area contributed by atoms with Crippen LogP contribution in [0.15, 0.2) is 22.7 Å². The molecule has 0 saturated carbocycles. The van der Waals surface area contributed by atoms with Gasteiger partial charge < -0.3 is 4.74 Å². The molecule has 0 aromatic heterocycles. The third-order valence-electron chi connectivity index (χ3n) is 2.75. The highest BCUT2D eigenvalue weighted by molar-refractivity contribution is 9.10. The van der Waals surface area contributed by atoms with E-state index in [0.29, 0.717) is 28.5 Å². The highest BCUT2D eigenvalue weighted by atomic mass is 79.9. The molecule has 0 aliphatic heterocycles. The van der Waals surface area contributed by atoms with Crippen molar-refractivity contribution >= 4 is 34.2 Å². The number of hydrogen-bond acceptors (Lipinski definition) is 4. The number of rotatable bonds is 6. The first-order valence-corrected chi connectivity index (χ1v) is 7.05. The molecule has 18 heavy (non-hydrogen) atoms. The average Bonchev–Trinajstić information content (AvgIpc) is 2.30. The number of halogens is 1. The predicted molar refractivity (Wildman–Crippen MR) is 78.5 cm³/mol. The van der Waals surface area contributed by atoms with Crippen molar-refractivity contribution in [3.63, 3.8) is 0 Å². The van der Waals surface area contributed by atoms with Gasteiger partial charge in [-0.15, -0.1) is 0 Å². The smallest absolute Gasteiger partial charge is 0.312 e. The molecule has 6 heteroatoms. The molecule has 0 amide bonds. The lowest BCUT2D eigenvalue weighted by atomic mass is 9.99. The Bertz CT molecular complexity index is 426. The van der Waals surface area contributed by atoms with E-state index in [9.17, 15) is 10.1 Å². The van der Waals surface area contributed by atoms with Gasteiger partial charge in [-0.2, -0.15) is 12.6 Å². The maximum Gasteiger partial charge on any atom is 0.312 e. The van der Waals surface area contributed by atoms with Crippen molar-refractivity contribution < 1.29 is 9.66 Å². The summed E-state index contributed by atoms with van der Waals surface area (Å²) in [6.45, 7) is 4.60. The fourth-order valence-electron chi connectivity index (χ4n) is 1.41. The molecule has 1 unspecified atom stereocenters. The standard InChI is InChI=1S/C12H16BrNO3S/c1-8(2)9(7-18)6-17-12-4-3-10(13)5-11(12)14(15)16/h3-5,8-9,18H,6-7H2,1-2H3. The molecule has 0 bridgehead atoms. The zero-order chi connectivity index (χ0) is 13.7. The van der Waals surface area contributed by atoms with E-state index in [1.165, 1.54) is 6.07 Å². The molecule has 0 fully saturated rings. The molecule has 0 saturated heterocycles. The van der Waals surface area contributed by atoms with Crippen LogP contribution in [0.2, 0.25) is 0 Å². The SMILES string of the molecule is CC(C)C(CS)COc1ccc(Br)cc1[N+](=O)[O-]. The van der Waals surface area contributed by atoms with Crippen molar-refractivity contribution in [2.24, 2.45) is 11.8 Å². The Kier molecular flexibility index (Phi) is 5.95. The summed E-state index contributed by atoms with van der Waals surface area (Å²) in [6.07, 6.45) is 0. The van der Waals surface area contributed by atoms with Gasteiger partial charge in [-0.05, 0) is 23.8 Å². The van der Waals surface area contributed by atoms with Gasteiger partial charge in [-0.3, -0.25) is 10.1 Å². The maximum atomic E-state index is 10.9. The van der Waals surface area contributed by atoms with Crippen LogP contribution in [0.5, 0.6) is 5.75 Å². The third kappa shape index (κ3) is 4.17. The second kappa shape index (κ2) is 6.99. The quantitative estimate of drug-likeness (QED) is 0.487. The minimum Gasteiger partial charge on any atom is -0.486 e. The van der Waals surface area contributed by atoms with Crippen molar-refractivity contribution in [3.05, 3.63) is 32.8 Å². The monoisotopic (exact) mass is 333 g/mol. The van der Waals surface area contributed by atoms with Crippen LogP contribution in [-0.4, -0.2) is 17.3 Å². The number of benzene rings is 1. The van der Waals surface area contributed by atoms with Gasteiger partial charge in [-0.1, -0.05) is 29.8 Å². The van der Waals surface area contributed by atoms with Crippen LogP contribution in [0, 0.1) is 22.0 Å². The molecule has 100 valence electrons.